The van der Waals surface area contributed by atoms with E-state index in [0.717, 1.165) is 12.0 Å². The monoisotopic (exact) mass is 419 g/mol. The summed E-state index contributed by atoms with van der Waals surface area (Å²) < 4.78 is 5.24. The van der Waals surface area contributed by atoms with Gasteiger partial charge in [-0.2, -0.15) is 0 Å². The average molecular weight is 420 g/mol. The number of carbonyl (C=O) groups is 2. The van der Waals surface area contributed by atoms with Crippen molar-refractivity contribution in [1.29, 1.82) is 0 Å². The standard InChI is InChI=1S/C22H37N5O3/c1-21(2,3)18(28)24-14-15-26-19(23-7)25-13-12-16-8-10-17(11-9-16)27-20(29)30-22(4,5)6/h8-11H,12-15H2,1-7H3,(H,24,28)(H,27,29)(H2,23,25,26). The summed E-state index contributed by atoms with van der Waals surface area (Å²) in [4.78, 5) is 27.8. The molecular weight excluding hydrogens is 382 g/mol. The molecule has 0 bridgehead atoms. The van der Waals surface area contributed by atoms with Crippen LogP contribution in [0.3, 0.4) is 0 Å². The molecule has 0 saturated heterocycles. The van der Waals surface area contributed by atoms with Crippen LogP contribution in [0.4, 0.5) is 10.5 Å². The van der Waals surface area contributed by atoms with Crippen LogP contribution in [0, 0.1) is 5.41 Å². The molecule has 4 N–H and O–H groups in total. The van der Waals surface area contributed by atoms with Crippen molar-refractivity contribution >= 4 is 23.6 Å². The molecule has 0 atom stereocenters. The Bertz CT molecular complexity index is 716. The Kier molecular flexibility index (Phi) is 9.62. The maximum Gasteiger partial charge on any atom is 0.412 e. The van der Waals surface area contributed by atoms with E-state index in [1.807, 2.05) is 65.8 Å². The summed E-state index contributed by atoms with van der Waals surface area (Å²) in [5.74, 6) is 0.708. The van der Waals surface area contributed by atoms with Crippen LogP contribution in [0.5, 0.6) is 0 Å². The van der Waals surface area contributed by atoms with Crippen LogP contribution >= 0.6 is 0 Å². The van der Waals surface area contributed by atoms with Crippen molar-refractivity contribution in [2.45, 2.75) is 53.6 Å². The van der Waals surface area contributed by atoms with Crippen LogP contribution in [0.2, 0.25) is 0 Å². The zero-order valence-electron chi connectivity index (χ0n) is 19.3. The molecule has 1 rings (SSSR count). The van der Waals surface area contributed by atoms with Gasteiger partial charge in [0.15, 0.2) is 5.96 Å². The Labute approximate surface area is 180 Å². The van der Waals surface area contributed by atoms with Gasteiger partial charge in [0.2, 0.25) is 5.91 Å². The fourth-order valence-corrected chi connectivity index (χ4v) is 2.34. The highest BCUT2D eigenvalue weighted by molar-refractivity contribution is 5.85. The molecule has 0 heterocycles. The van der Waals surface area contributed by atoms with Gasteiger partial charge in [-0.1, -0.05) is 32.9 Å². The van der Waals surface area contributed by atoms with E-state index >= 15 is 0 Å². The van der Waals surface area contributed by atoms with Gasteiger partial charge in [-0.05, 0) is 44.9 Å². The number of ether oxygens (including phenoxy) is 1. The zero-order chi connectivity index (χ0) is 22.8. The normalized spacial score (nSPS) is 12.2. The number of hydrogen-bond acceptors (Lipinski definition) is 4. The number of hydrogen-bond donors (Lipinski definition) is 4. The Morgan fingerprint density at radius 2 is 1.47 bits per heavy atom. The Morgan fingerprint density at radius 3 is 2.00 bits per heavy atom. The number of rotatable bonds is 7. The van der Waals surface area contributed by atoms with Crippen molar-refractivity contribution < 1.29 is 14.3 Å². The lowest BCUT2D eigenvalue weighted by Gasteiger charge is -2.19. The molecule has 0 radical (unpaired) electrons. The molecule has 0 unspecified atom stereocenters. The van der Waals surface area contributed by atoms with Gasteiger partial charge in [0.25, 0.3) is 0 Å². The summed E-state index contributed by atoms with van der Waals surface area (Å²) in [5, 5.41) is 12.0. The largest absolute Gasteiger partial charge is 0.444 e. The van der Waals surface area contributed by atoms with Crippen molar-refractivity contribution in [3.63, 3.8) is 0 Å². The molecule has 0 aliphatic heterocycles. The number of anilines is 1. The molecule has 0 aliphatic rings. The maximum atomic E-state index is 11.8. The molecule has 168 valence electrons. The minimum absolute atomic E-state index is 0.0249. The van der Waals surface area contributed by atoms with E-state index in [2.05, 4.69) is 26.3 Å². The highest BCUT2D eigenvalue weighted by atomic mass is 16.6. The van der Waals surface area contributed by atoms with Crippen LogP contribution in [0.1, 0.15) is 47.1 Å². The predicted molar refractivity (Wildman–Crippen MR) is 122 cm³/mol. The second kappa shape index (κ2) is 11.4. The van der Waals surface area contributed by atoms with Crippen LogP contribution in [0.15, 0.2) is 29.3 Å². The molecule has 0 aliphatic carbocycles. The SMILES string of the molecule is CN=C(NCCNC(=O)C(C)(C)C)NCCc1ccc(NC(=O)OC(C)(C)C)cc1. The van der Waals surface area contributed by atoms with E-state index in [0.29, 0.717) is 31.3 Å². The highest BCUT2D eigenvalue weighted by Gasteiger charge is 2.20. The summed E-state index contributed by atoms with van der Waals surface area (Å²) in [6.45, 7) is 13.0. The number of amides is 2. The third-order valence-corrected chi connectivity index (χ3v) is 3.91. The molecule has 1 aromatic carbocycles. The van der Waals surface area contributed by atoms with Crippen molar-refractivity contribution in [3.8, 4) is 0 Å². The van der Waals surface area contributed by atoms with E-state index in [-0.39, 0.29) is 5.91 Å². The molecule has 0 aromatic heterocycles. The van der Waals surface area contributed by atoms with E-state index < -0.39 is 17.1 Å². The summed E-state index contributed by atoms with van der Waals surface area (Å²) in [7, 11) is 1.71. The van der Waals surface area contributed by atoms with Gasteiger partial charge < -0.3 is 20.7 Å². The summed E-state index contributed by atoms with van der Waals surface area (Å²) >= 11 is 0. The van der Waals surface area contributed by atoms with Crippen molar-refractivity contribution in [2.24, 2.45) is 10.4 Å². The van der Waals surface area contributed by atoms with Gasteiger partial charge in [0.1, 0.15) is 5.60 Å². The van der Waals surface area contributed by atoms with Crippen LogP contribution < -0.4 is 21.3 Å². The molecule has 8 nitrogen and oxygen atoms in total. The Balaban J connectivity index is 2.33. The van der Waals surface area contributed by atoms with Crippen molar-refractivity contribution in [2.75, 3.05) is 32.0 Å². The van der Waals surface area contributed by atoms with Gasteiger partial charge in [-0.3, -0.25) is 15.1 Å². The average Bonchev–Trinajstić information content (AvgIpc) is 2.62. The molecule has 0 saturated carbocycles. The van der Waals surface area contributed by atoms with Gasteiger partial charge in [-0.25, -0.2) is 4.79 Å². The molecule has 8 heteroatoms. The van der Waals surface area contributed by atoms with E-state index in [1.54, 1.807) is 7.05 Å². The summed E-state index contributed by atoms with van der Waals surface area (Å²) in [5.41, 5.74) is 0.902. The number of nitrogens with one attached hydrogen (secondary N) is 4. The first-order chi connectivity index (χ1) is 13.9. The van der Waals surface area contributed by atoms with Crippen LogP contribution in [-0.2, 0) is 16.0 Å². The number of nitrogens with zero attached hydrogens (tertiary/aromatic N) is 1. The van der Waals surface area contributed by atoms with Crippen molar-refractivity contribution in [1.82, 2.24) is 16.0 Å². The number of carbonyl (C=O) groups excluding carboxylic acids is 2. The van der Waals surface area contributed by atoms with Crippen molar-refractivity contribution in [3.05, 3.63) is 29.8 Å². The predicted octanol–water partition coefficient (Wildman–Crippen LogP) is 2.90. The Morgan fingerprint density at radius 1 is 0.900 bits per heavy atom. The number of aliphatic imine (C=N–C) groups is 1. The lowest BCUT2D eigenvalue weighted by Crippen LogP contribution is -2.43. The topological polar surface area (TPSA) is 104 Å². The van der Waals surface area contributed by atoms with Crippen LogP contribution in [-0.4, -0.2) is 50.2 Å². The third-order valence-electron chi connectivity index (χ3n) is 3.91. The zero-order valence-corrected chi connectivity index (χ0v) is 19.3. The Hall–Kier alpha value is -2.77. The first kappa shape index (κ1) is 25.3. The van der Waals surface area contributed by atoms with E-state index in [4.69, 9.17) is 4.74 Å². The minimum atomic E-state index is -0.527. The maximum absolute atomic E-state index is 11.8. The molecule has 0 spiro atoms. The van der Waals surface area contributed by atoms with Gasteiger partial charge in [0, 0.05) is 37.8 Å². The molecule has 2 amide bonds. The first-order valence-electron chi connectivity index (χ1n) is 10.2. The van der Waals surface area contributed by atoms with Crippen LogP contribution in [0.25, 0.3) is 0 Å². The van der Waals surface area contributed by atoms with Gasteiger partial charge in [0.05, 0.1) is 0 Å². The fraction of sp³-hybridized carbons (Fsp3) is 0.591. The third kappa shape index (κ3) is 10.7. The first-order valence-corrected chi connectivity index (χ1v) is 10.2. The number of benzene rings is 1. The summed E-state index contributed by atoms with van der Waals surface area (Å²) in [6, 6.07) is 7.63. The minimum Gasteiger partial charge on any atom is -0.444 e. The van der Waals surface area contributed by atoms with E-state index in [9.17, 15) is 9.59 Å². The quantitative estimate of drug-likeness (QED) is 0.309. The molecule has 30 heavy (non-hydrogen) atoms. The highest BCUT2D eigenvalue weighted by Crippen LogP contribution is 2.13. The summed E-state index contributed by atoms with van der Waals surface area (Å²) in [6.07, 6.45) is 0.333. The number of guanidine groups is 1. The second-order valence-corrected chi connectivity index (χ2v) is 9.01. The second-order valence-electron chi connectivity index (χ2n) is 9.01. The molecule has 0 fully saturated rings. The van der Waals surface area contributed by atoms with E-state index in [1.165, 1.54) is 0 Å². The molecule has 1 aromatic rings. The lowest BCUT2D eigenvalue weighted by molar-refractivity contribution is -0.128. The molecular formula is C22H37N5O3. The lowest BCUT2D eigenvalue weighted by atomic mass is 9.96. The smallest absolute Gasteiger partial charge is 0.412 e. The van der Waals surface area contributed by atoms with Gasteiger partial charge >= 0.3 is 6.09 Å². The van der Waals surface area contributed by atoms with Gasteiger partial charge in [-0.15, -0.1) is 0 Å². The fourth-order valence-electron chi connectivity index (χ4n) is 2.34.